The molecule has 0 spiro atoms. The molecule has 0 unspecified atom stereocenters. The van der Waals surface area contributed by atoms with Crippen molar-refractivity contribution < 1.29 is 13.9 Å². The van der Waals surface area contributed by atoms with Crippen LogP contribution in [0.15, 0.2) is 65.5 Å². The Morgan fingerprint density at radius 2 is 1.78 bits per heavy atom. The molecule has 0 N–H and O–H groups in total. The first-order valence-electron chi connectivity index (χ1n) is 7.59. The molecule has 0 saturated carbocycles. The molecule has 0 radical (unpaired) electrons. The van der Waals surface area contributed by atoms with E-state index in [1.54, 1.807) is 6.20 Å². The van der Waals surface area contributed by atoms with Gasteiger partial charge in [0, 0.05) is 6.07 Å². The van der Waals surface area contributed by atoms with Crippen LogP contribution in [0.4, 0.5) is 0 Å². The standard InChI is InChI=1S/C19H19NO3/c1-14(2)15-6-8-16(9-7-15)23-18-5-3-4-17(10-18)21-12-19-11-20-13-22-19/h3-11,13-14H,12H2,1-2H3. The van der Waals surface area contributed by atoms with Crippen molar-refractivity contribution in [1.82, 2.24) is 4.98 Å². The van der Waals surface area contributed by atoms with Gasteiger partial charge < -0.3 is 13.9 Å². The number of hydrogen-bond donors (Lipinski definition) is 0. The summed E-state index contributed by atoms with van der Waals surface area (Å²) in [5, 5.41) is 0. The molecule has 0 saturated heterocycles. The van der Waals surface area contributed by atoms with Gasteiger partial charge in [0.1, 0.15) is 23.9 Å². The van der Waals surface area contributed by atoms with Crippen LogP contribution in [0.25, 0.3) is 0 Å². The summed E-state index contributed by atoms with van der Waals surface area (Å²) < 4.78 is 16.7. The van der Waals surface area contributed by atoms with Crippen LogP contribution < -0.4 is 9.47 Å². The molecule has 0 aliphatic heterocycles. The van der Waals surface area contributed by atoms with Crippen LogP contribution in [0, 0.1) is 0 Å². The summed E-state index contributed by atoms with van der Waals surface area (Å²) >= 11 is 0. The highest BCUT2D eigenvalue weighted by molar-refractivity contribution is 5.38. The van der Waals surface area contributed by atoms with Crippen molar-refractivity contribution in [3.63, 3.8) is 0 Å². The third-order valence-electron chi connectivity index (χ3n) is 3.45. The SMILES string of the molecule is CC(C)c1ccc(Oc2cccc(OCc3cnco3)c2)cc1. The Morgan fingerprint density at radius 1 is 1.00 bits per heavy atom. The van der Waals surface area contributed by atoms with Gasteiger partial charge in [-0.1, -0.05) is 32.0 Å². The van der Waals surface area contributed by atoms with Crippen LogP contribution in [-0.2, 0) is 6.61 Å². The van der Waals surface area contributed by atoms with E-state index in [0.717, 1.165) is 17.2 Å². The molecule has 0 atom stereocenters. The molecule has 1 heterocycles. The smallest absolute Gasteiger partial charge is 0.181 e. The van der Waals surface area contributed by atoms with Gasteiger partial charge in [-0.25, -0.2) is 4.98 Å². The summed E-state index contributed by atoms with van der Waals surface area (Å²) in [5.41, 5.74) is 1.29. The molecule has 3 aromatic rings. The summed E-state index contributed by atoms with van der Waals surface area (Å²) in [6.07, 6.45) is 3.02. The second-order valence-electron chi connectivity index (χ2n) is 5.56. The van der Waals surface area contributed by atoms with E-state index in [-0.39, 0.29) is 0 Å². The second-order valence-corrected chi connectivity index (χ2v) is 5.56. The highest BCUT2D eigenvalue weighted by atomic mass is 16.5. The van der Waals surface area contributed by atoms with E-state index >= 15 is 0 Å². The quantitative estimate of drug-likeness (QED) is 0.630. The maximum Gasteiger partial charge on any atom is 0.181 e. The zero-order valence-corrected chi connectivity index (χ0v) is 13.2. The largest absolute Gasteiger partial charge is 0.485 e. The molecule has 1 aromatic heterocycles. The molecular weight excluding hydrogens is 290 g/mol. The maximum absolute atomic E-state index is 5.88. The van der Waals surface area contributed by atoms with Gasteiger partial charge in [0.25, 0.3) is 0 Å². The van der Waals surface area contributed by atoms with Crippen molar-refractivity contribution >= 4 is 0 Å². The predicted octanol–water partition coefficient (Wildman–Crippen LogP) is 5.17. The monoisotopic (exact) mass is 309 g/mol. The van der Waals surface area contributed by atoms with Gasteiger partial charge in [-0.3, -0.25) is 0 Å². The van der Waals surface area contributed by atoms with Crippen LogP contribution >= 0.6 is 0 Å². The Morgan fingerprint density at radius 3 is 2.48 bits per heavy atom. The summed E-state index contributed by atoms with van der Waals surface area (Å²) in [7, 11) is 0. The number of oxazole rings is 1. The van der Waals surface area contributed by atoms with E-state index in [2.05, 4.69) is 31.0 Å². The minimum absolute atomic E-state index is 0.340. The fourth-order valence-electron chi connectivity index (χ4n) is 2.15. The Bertz CT molecular complexity index is 734. The van der Waals surface area contributed by atoms with Gasteiger partial charge in [0.15, 0.2) is 12.2 Å². The molecule has 0 amide bonds. The Hall–Kier alpha value is -2.75. The third kappa shape index (κ3) is 4.13. The summed E-state index contributed by atoms with van der Waals surface area (Å²) in [5.74, 6) is 3.45. The molecule has 0 aliphatic rings. The van der Waals surface area contributed by atoms with Crippen molar-refractivity contribution in [3.05, 3.63) is 72.4 Å². The molecule has 2 aromatic carbocycles. The Labute approximate surface area is 135 Å². The highest BCUT2D eigenvalue weighted by Crippen LogP contribution is 2.27. The molecule has 3 rings (SSSR count). The third-order valence-corrected chi connectivity index (χ3v) is 3.45. The average Bonchev–Trinajstić information content (AvgIpc) is 3.07. The molecule has 4 heteroatoms. The highest BCUT2D eigenvalue weighted by Gasteiger charge is 2.03. The first-order chi connectivity index (χ1) is 11.2. The van der Waals surface area contributed by atoms with Crippen molar-refractivity contribution in [1.29, 1.82) is 0 Å². The topological polar surface area (TPSA) is 44.5 Å². The van der Waals surface area contributed by atoms with Gasteiger partial charge in [0.2, 0.25) is 0 Å². The van der Waals surface area contributed by atoms with Gasteiger partial charge in [-0.2, -0.15) is 0 Å². The molecule has 0 bridgehead atoms. The van der Waals surface area contributed by atoms with E-state index in [0.29, 0.717) is 18.3 Å². The molecule has 0 fully saturated rings. The number of ether oxygens (including phenoxy) is 2. The minimum Gasteiger partial charge on any atom is -0.485 e. The van der Waals surface area contributed by atoms with Crippen molar-refractivity contribution in [3.8, 4) is 17.2 Å². The molecule has 0 aliphatic carbocycles. The fourth-order valence-corrected chi connectivity index (χ4v) is 2.15. The first kappa shape index (κ1) is 15.2. The van der Waals surface area contributed by atoms with Gasteiger partial charge in [-0.15, -0.1) is 0 Å². The Kier molecular flexibility index (Phi) is 4.62. The number of aromatic nitrogens is 1. The zero-order chi connectivity index (χ0) is 16.1. The summed E-state index contributed by atoms with van der Waals surface area (Å²) in [4.78, 5) is 3.86. The van der Waals surface area contributed by atoms with E-state index < -0.39 is 0 Å². The summed E-state index contributed by atoms with van der Waals surface area (Å²) in [6, 6.07) is 15.7. The van der Waals surface area contributed by atoms with Gasteiger partial charge >= 0.3 is 0 Å². The molecule has 23 heavy (non-hydrogen) atoms. The van der Waals surface area contributed by atoms with Crippen LogP contribution in [0.1, 0.15) is 31.1 Å². The van der Waals surface area contributed by atoms with E-state index in [4.69, 9.17) is 13.9 Å². The number of nitrogens with zero attached hydrogens (tertiary/aromatic N) is 1. The summed E-state index contributed by atoms with van der Waals surface area (Å²) in [6.45, 7) is 4.68. The average molecular weight is 309 g/mol. The lowest BCUT2D eigenvalue weighted by molar-refractivity contribution is 0.269. The molecule has 4 nitrogen and oxygen atoms in total. The first-order valence-corrected chi connectivity index (χ1v) is 7.59. The van der Waals surface area contributed by atoms with Crippen LogP contribution in [-0.4, -0.2) is 4.98 Å². The normalized spacial score (nSPS) is 10.7. The van der Waals surface area contributed by atoms with Crippen LogP contribution in [0.3, 0.4) is 0 Å². The van der Waals surface area contributed by atoms with Crippen LogP contribution in [0.5, 0.6) is 17.2 Å². The second kappa shape index (κ2) is 7.01. The lowest BCUT2D eigenvalue weighted by atomic mass is 10.0. The van der Waals surface area contributed by atoms with Crippen molar-refractivity contribution in [2.45, 2.75) is 26.4 Å². The molecule has 118 valence electrons. The zero-order valence-electron chi connectivity index (χ0n) is 13.2. The minimum atomic E-state index is 0.340. The van der Waals surface area contributed by atoms with Crippen LogP contribution in [0.2, 0.25) is 0 Å². The number of rotatable bonds is 6. The maximum atomic E-state index is 5.88. The van der Waals surface area contributed by atoms with Gasteiger partial charge in [0.05, 0.1) is 6.20 Å². The predicted molar refractivity (Wildman–Crippen MR) is 87.9 cm³/mol. The lowest BCUT2D eigenvalue weighted by Gasteiger charge is -2.10. The van der Waals surface area contributed by atoms with E-state index in [1.165, 1.54) is 12.0 Å². The number of benzene rings is 2. The number of hydrogen-bond acceptors (Lipinski definition) is 4. The van der Waals surface area contributed by atoms with E-state index in [1.807, 2.05) is 36.4 Å². The fraction of sp³-hybridized carbons (Fsp3) is 0.211. The van der Waals surface area contributed by atoms with Crippen molar-refractivity contribution in [2.75, 3.05) is 0 Å². The van der Waals surface area contributed by atoms with E-state index in [9.17, 15) is 0 Å². The van der Waals surface area contributed by atoms with Gasteiger partial charge in [-0.05, 0) is 35.7 Å². The van der Waals surface area contributed by atoms with Crippen molar-refractivity contribution in [2.24, 2.45) is 0 Å². The lowest BCUT2D eigenvalue weighted by Crippen LogP contribution is -1.94. The molecular formula is C19H19NO3. The Balaban J connectivity index is 1.64.